The first-order valence-electron chi connectivity index (χ1n) is 12.9. The number of benzene rings is 3. The Morgan fingerprint density at radius 2 is 1.53 bits per heavy atom. The maximum Gasteiger partial charge on any atom is 0.408 e. The second-order valence-corrected chi connectivity index (χ2v) is 11.1. The van der Waals surface area contributed by atoms with E-state index in [0.717, 1.165) is 21.9 Å². The molecule has 2 N–H and O–H groups in total. The molecule has 0 saturated heterocycles. The van der Waals surface area contributed by atoms with Crippen molar-refractivity contribution < 1.29 is 19.1 Å². The van der Waals surface area contributed by atoms with Gasteiger partial charge < -0.3 is 20.3 Å². The fourth-order valence-corrected chi connectivity index (χ4v) is 4.26. The Bertz CT molecular complexity index is 1330. The molecular formula is C31H39N3O4. The molecule has 3 aromatic rings. The van der Waals surface area contributed by atoms with Gasteiger partial charge in [-0.3, -0.25) is 9.59 Å². The molecule has 0 saturated carbocycles. The molecule has 3 aromatic carbocycles. The fourth-order valence-electron chi connectivity index (χ4n) is 4.26. The molecule has 0 radical (unpaired) electrons. The van der Waals surface area contributed by atoms with Crippen molar-refractivity contribution in [3.05, 3.63) is 77.4 Å². The van der Waals surface area contributed by atoms with Crippen molar-refractivity contribution in [2.24, 2.45) is 5.92 Å². The molecule has 202 valence electrons. The van der Waals surface area contributed by atoms with Gasteiger partial charge in [-0.2, -0.15) is 0 Å². The van der Waals surface area contributed by atoms with Crippen molar-refractivity contribution in [1.29, 1.82) is 0 Å². The highest BCUT2D eigenvalue weighted by Gasteiger charge is 2.35. The van der Waals surface area contributed by atoms with Crippen LogP contribution in [0.25, 0.3) is 10.8 Å². The van der Waals surface area contributed by atoms with Gasteiger partial charge in [-0.05, 0) is 80.1 Å². The van der Waals surface area contributed by atoms with E-state index in [4.69, 9.17) is 4.74 Å². The van der Waals surface area contributed by atoms with Gasteiger partial charge in [0.1, 0.15) is 17.7 Å². The third-order valence-corrected chi connectivity index (χ3v) is 6.45. The minimum atomic E-state index is -0.921. The van der Waals surface area contributed by atoms with Crippen molar-refractivity contribution in [1.82, 2.24) is 10.2 Å². The Labute approximate surface area is 225 Å². The zero-order valence-electron chi connectivity index (χ0n) is 23.6. The summed E-state index contributed by atoms with van der Waals surface area (Å²) < 4.78 is 5.38. The molecule has 0 bridgehead atoms. The zero-order chi connectivity index (χ0) is 28.2. The minimum absolute atomic E-state index is 0.235. The van der Waals surface area contributed by atoms with Crippen molar-refractivity contribution in [2.45, 2.75) is 66.2 Å². The Kier molecular flexibility index (Phi) is 8.82. The van der Waals surface area contributed by atoms with Crippen LogP contribution in [0.1, 0.15) is 57.4 Å². The molecule has 0 aliphatic rings. The zero-order valence-corrected chi connectivity index (χ0v) is 23.6. The number of aryl methyl sites for hydroxylation is 2. The van der Waals surface area contributed by atoms with Gasteiger partial charge in [0.05, 0.1) is 0 Å². The first kappa shape index (κ1) is 28.7. The number of rotatable bonds is 7. The molecule has 0 fully saturated rings. The number of ether oxygens (including phenoxy) is 1. The van der Waals surface area contributed by atoms with E-state index in [2.05, 4.69) is 10.6 Å². The van der Waals surface area contributed by atoms with Gasteiger partial charge >= 0.3 is 6.09 Å². The van der Waals surface area contributed by atoms with Gasteiger partial charge in [0, 0.05) is 12.7 Å². The number of amides is 3. The molecule has 0 aliphatic carbocycles. The number of fused-ring (bicyclic) bond motifs is 1. The molecule has 0 heterocycles. The van der Waals surface area contributed by atoms with Gasteiger partial charge in [0.2, 0.25) is 5.91 Å². The predicted octanol–water partition coefficient (Wildman–Crippen LogP) is 6.14. The van der Waals surface area contributed by atoms with E-state index >= 15 is 0 Å². The Balaban J connectivity index is 1.94. The summed E-state index contributed by atoms with van der Waals surface area (Å²) in [6.45, 7) is 12.9. The number of nitrogens with one attached hydrogen (secondary N) is 2. The normalized spacial score (nSPS) is 13.1. The highest BCUT2D eigenvalue weighted by atomic mass is 16.6. The Morgan fingerprint density at radius 3 is 2.13 bits per heavy atom. The summed E-state index contributed by atoms with van der Waals surface area (Å²) in [7, 11) is 1.59. The lowest BCUT2D eigenvalue weighted by molar-refractivity contribution is -0.140. The van der Waals surface area contributed by atoms with Crippen LogP contribution in [-0.4, -0.2) is 41.5 Å². The molecule has 7 heteroatoms. The maximum absolute atomic E-state index is 13.8. The number of hydrogen-bond donors (Lipinski definition) is 2. The molecule has 3 rings (SSSR count). The van der Waals surface area contributed by atoms with Crippen molar-refractivity contribution in [3.63, 3.8) is 0 Å². The third kappa shape index (κ3) is 7.12. The number of hydrogen-bond acceptors (Lipinski definition) is 4. The van der Waals surface area contributed by atoms with Gasteiger partial charge in [-0.25, -0.2) is 4.79 Å². The van der Waals surface area contributed by atoms with Crippen LogP contribution in [0.2, 0.25) is 0 Å². The average molecular weight is 518 g/mol. The molecule has 0 spiro atoms. The van der Waals surface area contributed by atoms with Crippen molar-refractivity contribution >= 4 is 34.4 Å². The van der Waals surface area contributed by atoms with Crippen LogP contribution in [0.5, 0.6) is 0 Å². The fraction of sp³-hybridized carbons (Fsp3) is 0.387. The van der Waals surface area contributed by atoms with Gasteiger partial charge in [0.15, 0.2) is 0 Å². The first-order valence-corrected chi connectivity index (χ1v) is 12.9. The standard InChI is InChI=1S/C31H39N3O4/c1-19(2)26(33-30(37)38-31(5,6)7)29(36)34(8)27(24-14-13-20(3)21(4)17-24)28(35)32-25-16-15-22-11-9-10-12-23(22)18-25/h9-19,26-27H,1-8H3,(H,32,35)(H,33,37). The van der Waals surface area contributed by atoms with Crippen LogP contribution in [0.4, 0.5) is 10.5 Å². The highest BCUT2D eigenvalue weighted by Crippen LogP contribution is 2.27. The largest absolute Gasteiger partial charge is 0.444 e. The topological polar surface area (TPSA) is 87.7 Å². The van der Waals surface area contributed by atoms with Crippen LogP contribution >= 0.6 is 0 Å². The van der Waals surface area contributed by atoms with Crippen LogP contribution in [0.3, 0.4) is 0 Å². The lowest BCUT2D eigenvalue weighted by Crippen LogP contribution is -2.53. The second kappa shape index (κ2) is 11.7. The summed E-state index contributed by atoms with van der Waals surface area (Å²) in [5.41, 5.74) is 2.71. The SMILES string of the molecule is Cc1ccc(C(C(=O)Nc2ccc3ccccc3c2)N(C)C(=O)C(NC(=O)OC(C)(C)C)C(C)C)cc1C. The van der Waals surface area contributed by atoms with Crippen LogP contribution < -0.4 is 10.6 Å². The maximum atomic E-state index is 13.8. The lowest BCUT2D eigenvalue weighted by atomic mass is 9.97. The average Bonchev–Trinajstić information content (AvgIpc) is 2.83. The number of carbonyl (C=O) groups excluding carboxylic acids is 3. The van der Waals surface area contributed by atoms with Crippen LogP contribution in [-0.2, 0) is 14.3 Å². The smallest absolute Gasteiger partial charge is 0.408 e. The predicted molar refractivity (Wildman–Crippen MR) is 152 cm³/mol. The number of carbonyl (C=O) groups is 3. The summed E-state index contributed by atoms with van der Waals surface area (Å²) in [4.78, 5) is 41.5. The monoisotopic (exact) mass is 517 g/mol. The summed E-state index contributed by atoms with van der Waals surface area (Å²) in [5, 5.41) is 7.77. The van der Waals surface area contributed by atoms with Gasteiger partial charge in [0.25, 0.3) is 5.91 Å². The highest BCUT2D eigenvalue weighted by molar-refractivity contribution is 6.00. The Morgan fingerprint density at radius 1 is 0.868 bits per heavy atom. The van der Waals surface area contributed by atoms with E-state index in [9.17, 15) is 14.4 Å². The molecule has 3 amide bonds. The quantitative estimate of drug-likeness (QED) is 0.394. The van der Waals surface area contributed by atoms with E-state index in [1.54, 1.807) is 27.8 Å². The summed E-state index contributed by atoms with van der Waals surface area (Å²) in [6, 6.07) is 17.5. The number of nitrogens with zero attached hydrogens (tertiary/aromatic N) is 1. The summed E-state index contributed by atoms with van der Waals surface area (Å²) >= 11 is 0. The number of alkyl carbamates (subject to hydrolysis) is 1. The molecular weight excluding hydrogens is 478 g/mol. The summed E-state index contributed by atoms with van der Waals surface area (Å²) in [5.74, 6) is -0.969. The van der Waals surface area contributed by atoms with E-state index in [1.165, 1.54) is 4.90 Å². The number of anilines is 1. The second-order valence-electron chi connectivity index (χ2n) is 11.1. The van der Waals surface area contributed by atoms with E-state index in [1.807, 2.05) is 88.4 Å². The molecule has 0 aliphatic heterocycles. The van der Waals surface area contributed by atoms with Gasteiger partial charge in [-0.1, -0.05) is 62.4 Å². The minimum Gasteiger partial charge on any atom is -0.444 e. The van der Waals surface area contributed by atoms with Crippen molar-refractivity contribution in [3.8, 4) is 0 Å². The van der Waals surface area contributed by atoms with Crippen LogP contribution in [0, 0.1) is 19.8 Å². The van der Waals surface area contributed by atoms with Crippen LogP contribution in [0.15, 0.2) is 60.7 Å². The third-order valence-electron chi connectivity index (χ3n) is 6.45. The number of likely N-dealkylation sites (N-methyl/N-ethyl adjacent to an activating group) is 1. The Hall–Kier alpha value is -3.87. The lowest BCUT2D eigenvalue weighted by Gasteiger charge is -2.33. The molecule has 38 heavy (non-hydrogen) atoms. The van der Waals surface area contributed by atoms with E-state index < -0.39 is 23.8 Å². The van der Waals surface area contributed by atoms with Gasteiger partial charge in [-0.15, -0.1) is 0 Å². The molecule has 2 atom stereocenters. The first-order chi connectivity index (χ1) is 17.8. The van der Waals surface area contributed by atoms with E-state index in [0.29, 0.717) is 11.3 Å². The van der Waals surface area contributed by atoms with Crippen molar-refractivity contribution in [2.75, 3.05) is 12.4 Å². The summed E-state index contributed by atoms with van der Waals surface area (Å²) in [6.07, 6.45) is -0.679. The van der Waals surface area contributed by atoms with E-state index in [-0.39, 0.29) is 17.7 Å². The molecule has 2 unspecified atom stereocenters. The molecule has 0 aromatic heterocycles. The molecule has 7 nitrogen and oxygen atoms in total.